The molecule has 0 spiro atoms. The molecule has 1 heteroatoms. The number of benzene rings is 4. The van der Waals surface area contributed by atoms with E-state index in [1.807, 2.05) is 0 Å². The summed E-state index contributed by atoms with van der Waals surface area (Å²) in [5, 5.41) is 0. The molecule has 0 heterocycles. The molecule has 2 aliphatic rings. The molecule has 0 nitrogen and oxygen atoms in total. The molecule has 0 aromatic heterocycles. The lowest BCUT2D eigenvalue weighted by molar-refractivity contribution is 0.648. The molecule has 6 rings (SSSR count). The van der Waals surface area contributed by atoms with Gasteiger partial charge in [0.25, 0.3) is 0 Å². The van der Waals surface area contributed by atoms with E-state index in [1.165, 1.54) is 121 Å². The van der Waals surface area contributed by atoms with Gasteiger partial charge in [0.1, 0.15) is 0 Å². The maximum Gasteiger partial charge on any atom is 0.0218 e. The zero-order valence-corrected chi connectivity index (χ0v) is 34.2. The third kappa shape index (κ3) is 8.80. The van der Waals surface area contributed by atoms with Crippen LogP contribution in [0.15, 0.2) is 96.1 Å². The smallest absolute Gasteiger partial charge is 0.0218 e. The molecule has 0 radical (unpaired) electrons. The lowest BCUT2D eigenvalue weighted by atomic mass is 9.91. The molecule has 2 atom stereocenters. The van der Waals surface area contributed by atoms with E-state index >= 15 is 0 Å². The topological polar surface area (TPSA) is 0 Å². The SMILES string of the molecule is CCCCCCC1=Cc2c(-c3ccc(C(C)C)cc3)cccc2C1C[SiH2]CC1C(CCCCCC)=Cc2c(-c3ccc(C(C)C)cc3)cccc21. The third-order valence-electron chi connectivity index (χ3n) is 12.0. The van der Waals surface area contributed by atoms with Crippen LogP contribution in [0.4, 0.5) is 0 Å². The Hall–Kier alpha value is -3.42. The fraction of sp³-hybridized carbons (Fsp3) is 0.440. The Morgan fingerprint density at radius 2 is 0.902 bits per heavy atom. The van der Waals surface area contributed by atoms with Crippen molar-refractivity contribution in [2.24, 2.45) is 0 Å². The molecule has 268 valence electrons. The van der Waals surface area contributed by atoms with Crippen molar-refractivity contribution in [2.75, 3.05) is 0 Å². The van der Waals surface area contributed by atoms with Gasteiger partial charge in [-0.2, -0.15) is 0 Å². The number of hydrogen-bond donors (Lipinski definition) is 0. The first kappa shape index (κ1) is 37.3. The molecule has 0 bridgehead atoms. The summed E-state index contributed by atoms with van der Waals surface area (Å²) in [6.07, 6.45) is 18.4. The summed E-state index contributed by atoms with van der Waals surface area (Å²) in [6, 6.07) is 35.9. The van der Waals surface area contributed by atoms with Gasteiger partial charge in [0.15, 0.2) is 0 Å². The van der Waals surface area contributed by atoms with Crippen LogP contribution in [-0.2, 0) is 0 Å². The van der Waals surface area contributed by atoms with E-state index in [0.29, 0.717) is 23.7 Å². The Balaban J connectivity index is 1.24. The first-order valence-corrected chi connectivity index (χ1v) is 22.8. The van der Waals surface area contributed by atoms with Gasteiger partial charge >= 0.3 is 0 Å². The minimum Gasteiger partial charge on any atom is -0.0654 e. The Kier molecular flexibility index (Phi) is 13.1. The largest absolute Gasteiger partial charge is 0.0654 e. The van der Waals surface area contributed by atoms with Gasteiger partial charge in [-0.15, -0.1) is 0 Å². The summed E-state index contributed by atoms with van der Waals surface area (Å²) in [7, 11) is -0.317. The van der Waals surface area contributed by atoms with Gasteiger partial charge in [-0.05, 0) is 93.2 Å². The van der Waals surface area contributed by atoms with Crippen LogP contribution in [0.25, 0.3) is 34.4 Å². The van der Waals surface area contributed by atoms with Crippen molar-refractivity contribution in [1.29, 1.82) is 0 Å². The van der Waals surface area contributed by atoms with Crippen LogP contribution in [0, 0.1) is 0 Å². The molecule has 0 fully saturated rings. The van der Waals surface area contributed by atoms with E-state index in [2.05, 4.69) is 139 Å². The van der Waals surface area contributed by atoms with Crippen molar-refractivity contribution in [3.63, 3.8) is 0 Å². The number of hydrogen-bond acceptors (Lipinski definition) is 0. The van der Waals surface area contributed by atoms with Crippen molar-refractivity contribution in [2.45, 2.75) is 142 Å². The van der Waals surface area contributed by atoms with E-state index in [9.17, 15) is 0 Å². The van der Waals surface area contributed by atoms with Crippen LogP contribution in [0.3, 0.4) is 0 Å². The second-order valence-corrected chi connectivity index (χ2v) is 18.1. The second kappa shape index (κ2) is 17.9. The maximum atomic E-state index is 2.63. The van der Waals surface area contributed by atoms with Gasteiger partial charge < -0.3 is 0 Å². The summed E-state index contributed by atoms with van der Waals surface area (Å²) in [5.41, 5.74) is 18.1. The number of fused-ring (bicyclic) bond motifs is 2. The highest BCUT2D eigenvalue weighted by atomic mass is 28.2. The van der Waals surface area contributed by atoms with Crippen LogP contribution < -0.4 is 0 Å². The van der Waals surface area contributed by atoms with Gasteiger partial charge in [0, 0.05) is 21.4 Å². The molecular formula is C50H64Si. The lowest BCUT2D eigenvalue weighted by Crippen LogP contribution is -2.08. The quantitative estimate of drug-likeness (QED) is 0.0719. The first-order valence-electron chi connectivity index (χ1n) is 20.8. The molecule has 0 saturated heterocycles. The molecule has 51 heavy (non-hydrogen) atoms. The highest BCUT2D eigenvalue weighted by Crippen LogP contribution is 2.48. The van der Waals surface area contributed by atoms with E-state index in [4.69, 9.17) is 0 Å². The number of allylic oxidation sites excluding steroid dienone is 2. The minimum atomic E-state index is -0.317. The van der Waals surface area contributed by atoms with Gasteiger partial charge in [-0.25, -0.2) is 0 Å². The number of rotatable bonds is 18. The Morgan fingerprint density at radius 1 is 0.490 bits per heavy atom. The fourth-order valence-corrected chi connectivity index (χ4v) is 11.3. The van der Waals surface area contributed by atoms with E-state index in [1.54, 1.807) is 22.3 Å². The van der Waals surface area contributed by atoms with Crippen LogP contribution in [0.2, 0.25) is 12.1 Å². The minimum absolute atomic E-state index is 0.317. The van der Waals surface area contributed by atoms with Crippen LogP contribution in [0.1, 0.15) is 163 Å². The van der Waals surface area contributed by atoms with Crippen LogP contribution >= 0.6 is 0 Å². The summed E-state index contributed by atoms with van der Waals surface area (Å²) in [6.45, 7) is 13.8. The third-order valence-corrected chi connectivity index (χ3v) is 14.0. The first-order chi connectivity index (χ1) is 24.9. The molecule has 2 unspecified atom stereocenters. The molecule has 4 aromatic carbocycles. The Labute approximate surface area is 313 Å². The Bertz CT molecular complexity index is 1650. The molecular weight excluding hydrogens is 629 g/mol. The van der Waals surface area contributed by atoms with Crippen LogP contribution in [-0.4, -0.2) is 9.52 Å². The summed E-state index contributed by atoms with van der Waals surface area (Å²) in [4.78, 5) is 0. The van der Waals surface area contributed by atoms with Gasteiger partial charge in [-0.1, -0.05) is 200 Å². The predicted molar refractivity (Wildman–Crippen MR) is 229 cm³/mol. The zero-order valence-electron chi connectivity index (χ0n) is 32.7. The second-order valence-electron chi connectivity index (χ2n) is 16.3. The Morgan fingerprint density at radius 3 is 1.27 bits per heavy atom. The summed E-state index contributed by atoms with van der Waals surface area (Å²) < 4.78 is 0. The number of unbranched alkanes of at least 4 members (excludes halogenated alkanes) is 6. The zero-order chi connectivity index (χ0) is 35.7. The van der Waals surface area contributed by atoms with E-state index < -0.39 is 0 Å². The highest BCUT2D eigenvalue weighted by Gasteiger charge is 2.30. The normalized spacial score (nSPS) is 16.7. The van der Waals surface area contributed by atoms with Crippen LogP contribution in [0.5, 0.6) is 0 Å². The molecule has 0 N–H and O–H groups in total. The van der Waals surface area contributed by atoms with Crippen molar-refractivity contribution >= 4 is 21.7 Å². The van der Waals surface area contributed by atoms with Gasteiger partial charge in [0.2, 0.25) is 0 Å². The highest BCUT2D eigenvalue weighted by molar-refractivity contribution is 6.36. The molecule has 0 saturated carbocycles. The monoisotopic (exact) mass is 692 g/mol. The molecule has 4 aromatic rings. The van der Waals surface area contributed by atoms with Gasteiger partial charge in [0.05, 0.1) is 0 Å². The van der Waals surface area contributed by atoms with Gasteiger partial charge in [-0.3, -0.25) is 0 Å². The molecule has 0 amide bonds. The van der Waals surface area contributed by atoms with Crippen molar-refractivity contribution < 1.29 is 0 Å². The summed E-state index contributed by atoms with van der Waals surface area (Å²) in [5.74, 6) is 2.33. The average Bonchev–Trinajstić information content (AvgIpc) is 3.69. The van der Waals surface area contributed by atoms with Crippen molar-refractivity contribution in [3.8, 4) is 22.3 Å². The van der Waals surface area contributed by atoms with Crippen molar-refractivity contribution in [3.05, 3.63) is 129 Å². The predicted octanol–water partition coefficient (Wildman–Crippen LogP) is 14.9. The lowest BCUT2D eigenvalue weighted by Gasteiger charge is -2.21. The summed E-state index contributed by atoms with van der Waals surface area (Å²) >= 11 is 0. The van der Waals surface area contributed by atoms with E-state index in [-0.39, 0.29) is 9.52 Å². The fourth-order valence-electron chi connectivity index (χ4n) is 8.88. The maximum absolute atomic E-state index is 2.63. The molecule has 2 aliphatic carbocycles. The standard InChI is InChI=1S/C50H64Si/c1-7-9-11-13-17-41-31-47-43(39-27-23-37(24-28-39)35(3)4)19-15-21-45(47)49(41)33-51-34-50-42(18-14-12-10-8-2)32-48-44(20-16-22-46(48)50)40-29-25-38(26-30-40)36(5)6/h15-16,19-32,35-36,49-50H,7-14,17-18,33-34,51H2,1-6H3. The average molecular weight is 693 g/mol. The van der Waals surface area contributed by atoms with Crippen molar-refractivity contribution in [1.82, 2.24) is 0 Å². The van der Waals surface area contributed by atoms with E-state index in [0.717, 1.165) is 0 Å². The molecule has 0 aliphatic heterocycles.